The van der Waals surface area contributed by atoms with Crippen LogP contribution in [0.2, 0.25) is 0 Å². The minimum Gasteiger partial charge on any atom is -0.310 e. The third-order valence-corrected chi connectivity index (χ3v) is 6.64. The van der Waals surface area contributed by atoms with Crippen molar-refractivity contribution >= 4 is 11.7 Å². The number of aromatic nitrogens is 3. The van der Waals surface area contributed by atoms with Gasteiger partial charge in [-0.05, 0) is 36.4 Å². The van der Waals surface area contributed by atoms with Gasteiger partial charge in [0.25, 0.3) is 0 Å². The number of amides is 1. The summed E-state index contributed by atoms with van der Waals surface area (Å²) in [5.74, 6) is 0.485. The van der Waals surface area contributed by atoms with Gasteiger partial charge in [-0.3, -0.25) is 19.7 Å². The molecule has 5 aromatic rings. The third kappa shape index (κ3) is 18.0. The molecule has 0 saturated heterocycles. The Morgan fingerprint density at radius 2 is 0.904 bits per heavy atom. The molecule has 0 aliphatic heterocycles. The fourth-order valence-electron chi connectivity index (χ4n) is 4.47. The van der Waals surface area contributed by atoms with Crippen LogP contribution in [0, 0.1) is 25.9 Å². The first-order valence-electron chi connectivity index (χ1n) is 15.1. The maximum Gasteiger partial charge on any atom is 3.00 e. The number of pyridine rings is 3. The van der Waals surface area contributed by atoms with Crippen LogP contribution >= 0.6 is 0 Å². The summed E-state index contributed by atoms with van der Waals surface area (Å²) in [6.07, 6.45) is 0. The van der Waals surface area contributed by atoms with Crippen LogP contribution in [-0.2, 0) is 41.2 Å². The zero-order chi connectivity index (χ0) is 37.7. The molecule has 1 amide bonds. The molecule has 17 heteroatoms. The number of carbonyl (C=O) groups is 1. The quantitative estimate of drug-likeness (QED) is 0.168. The predicted octanol–water partition coefficient (Wildman–Crippen LogP) is -2.12. The monoisotopic (exact) mass is 798 g/mol. The van der Waals surface area contributed by atoms with Crippen molar-refractivity contribution in [2.24, 2.45) is 5.41 Å². The van der Waals surface area contributed by atoms with Crippen LogP contribution in [-0.4, -0.2) is 25.8 Å². The predicted molar refractivity (Wildman–Crippen MR) is 165 cm³/mol. The van der Waals surface area contributed by atoms with Crippen LogP contribution in [0.5, 0.6) is 0 Å². The number of anilines is 1. The normalized spacial score (nSPS) is 11.3. The van der Waals surface area contributed by atoms with Gasteiger partial charge < -0.3 is 5.32 Å². The van der Waals surface area contributed by atoms with E-state index in [2.05, 4.69) is 58.7 Å². The van der Waals surface area contributed by atoms with Gasteiger partial charge in [-0.2, -0.15) is 0 Å². The summed E-state index contributed by atoms with van der Waals surface area (Å²) >= 11 is 0. The number of nitrogens with one attached hydrogen (secondary N) is 1. The maximum absolute atomic E-state index is 12.6. The molecule has 276 valence electrons. The standard InChI is InChI=1S/C35H35N5O.2ClHO4.Co/c1-35(2,3)34(41)39-33-22-12-19-30(38-33)25-40(23-28-17-10-20-31(36-28)26-13-6-4-7-14-26)24-29-18-11-21-32(37-29)27-15-8-5-9-16-27;2*2-1(3,4)5;/h4-22H,23-25H2,1-3H3,(H,38,39,41);2*(H,2,3,4,5);/q;;;+3/p-2. The van der Waals surface area contributed by atoms with Crippen molar-refractivity contribution in [3.63, 3.8) is 0 Å². The molecule has 0 unspecified atom stereocenters. The van der Waals surface area contributed by atoms with Crippen molar-refractivity contribution in [3.8, 4) is 22.5 Å². The maximum atomic E-state index is 12.6. The van der Waals surface area contributed by atoms with E-state index in [1.165, 1.54) is 0 Å². The molecule has 0 bridgehead atoms. The Hall–Kier alpha value is -3.91. The molecule has 0 aliphatic rings. The Bertz CT molecular complexity index is 1720. The summed E-state index contributed by atoms with van der Waals surface area (Å²) in [4.78, 5) is 29.6. The molecule has 3 heterocycles. The van der Waals surface area contributed by atoms with E-state index >= 15 is 0 Å². The van der Waals surface area contributed by atoms with Crippen molar-refractivity contribution in [2.75, 3.05) is 5.32 Å². The van der Waals surface area contributed by atoms with Gasteiger partial charge in [-0.15, -0.1) is 20.5 Å². The Kier molecular flexibility index (Phi) is 17.3. The Morgan fingerprint density at radius 3 is 1.27 bits per heavy atom. The van der Waals surface area contributed by atoms with Crippen molar-refractivity contribution in [2.45, 2.75) is 40.4 Å². The van der Waals surface area contributed by atoms with E-state index in [0.29, 0.717) is 25.5 Å². The first-order chi connectivity index (χ1) is 23.8. The van der Waals surface area contributed by atoms with E-state index in [1.807, 2.05) is 87.5 Å². The molecule has 0 fully saturated rings. The summed E-state index contributed by atoms with van der Waals surface area (Å²) in [6, 6.07) is 38.5. The SMILES string of the molecule is CC(C)(C)C(=O)Nc1cccc(CN(Cc2cccc(-c3ccccc3)n2)Cc2cccc(-c3ccccc3)n2)n1.[Co+3].[O-][Cl+3]([O-])([O-])[O-].[O-][Cl+3]([O-])([O-])[O-]. The molecule has 0 radical (unpaired) electrons. The summed E-state index contributed by atoms with van der Waals surface area (Å²) in [5.41, 5.74) is 6.33. The average molecular weight is 800 g/mol. The molecule has 0 atom stereocenters. The third-order valence-electron chi connectivity index (χ3n) is 6.64. The second-order valence-electron chi connectivity index (χ2n) is 11.9. The van der Waals surface area contributed by atoms with Crippen molar-refractivity contribution < 1.29 is 79.3 Å². The van der Waals surface area contributed by atoms with Gasteiger partial charge in [0, 0.05) is 36.2 Å². The zero-order valence-electron chi connectivity index (χ0n) is 28.1. The van der Waals surface area contributed by atoms with E-state index in [0.717, 1.165) is 39.6 Å². The minimum absolute atomic E-state index is 0. The van der Waals surface area contributed by atoms with E-state index in [4.69, 9.17) is 52.2 Å². The van der Waals surface area contributed by atoms with E-state index < -0.39 is 25.9 Å². The molecule has 14 nitrogen and oxygen atoms in total. The molecule has 0 spiro atoms. The summed E-state index contributed by atoms with van der Waals surface area (Å²) in [7, 11) is -9.89. The van der Waals surface area contributed by atoms with Gasteiger partial charge >= 0.3 is 16.8 Å². The second-order valence-corrected chi connectivity index (χ2v) is 13.4. The van der Waals surface area contributed by atoms with Crippen LogP contribution in [0.3, 0.4) is 0 Å². The number of nitrogens with zero attached hydrogens (tertiary/aromatic N) is 4. The van der Waals surface area contributed by atoms with Crippen LogP contribution < -0.4 is 42.6 Å². The Morgan fingerprint density at radius 1 is 0.558 bits per heavy atom. The average Bonchev–Trinajstić information content (AvgIpc) is 3.04. The molecule has 0 aliphatic carbocycles. The number of halogens is 2. The number of benzene rings is 2. The topological polar surface area (TPSA) is 255 Å². The first kappa shape index (κ1) is 44.2. The fourth-order valence-corrected chi connectivity index (χ4v) is 4.47. The number of rotatable bonds is 9. The summed E-state index contributed by atoms with van der Waals surface area (Å²) < 4.78 is 67.9. The Labute approximate surface area is 315 Å². The van der Waals surface area contributed by atoms with Gasteiger partial charge in [0.1, 0.15) is 5.82 Å². The van der Waals surface area contributed by atoms with Crippen LogP contribution in [0.4, 0.5) is 5.82 Å². The molecule has 5 rings (SSSR count). The van der Waals surface area contributed by atoms with Gasteiger partial charge in [0.05, 0.1) is 28.5 Å². The molecule has 3 aromatic heterocycles. The molecular weight excluding hydrogens is 764 g/mol. The second kappa shape index (κ2) is 20.4. The summed E-state index contributed by atoms with van der Waals surface area (Å²) in [6.45, 7) is 7.45. The Balaban J connectivity index is 0.000000753. The first-order valence-corrected chi connectivity index (χ1v) is 17.6. The van der Waals surface area contributed by atoms with E-state index in [1.54, 1.807) is 0 Å². The molecule has 2 aromatic carbocycles. The van der Waals surface area contributed by atoms with E-state index in [9.17, 15) is 4.79 Å². The smallest absolute Gasteiger partial charge is 0.310 e. The minimum atomic E-state index is -4.94. The van der Waals surface area contributed by atoms with Crippen molar-refractivity contribution in [1.82, 2.24) is 19.9 Å². The molecule has 0 saturated carbocycles. The van der Waals surface area contributed by atoms with Crippen LogP contribution in [0.15, 0.2) is 115 Å². The number of hydrogen-bond acceptors (Lipinski definition) is 13. The number of carbonyl (C=O) groups excluding carboxylic acids is 1. The van der Waals surface area contributed by atoms with Crippen molar-refractivity contribution in [1.29, 1.82) is 0 Å². The van der Waals surface area contributed by atoms with Gasteiger partial charge in [0.15, 0.2) is 0 Å². The van der Waals surface area contributed by atoms with Gasteiger partial charge in [-0.1, -0.05) is 99.6 Å². The van der Waals surface area contributed by atoms with Gasteiger partial charge in [-0.25, -0.2) is 42.3 Å². The van der Waals surface area contributed by atoms with Crippen LogP contribution in [0.25, 0.3) is 22.5 Å². The largest absolute Gasteiger partial charge is 3.00 e. The molecule has 52 heavy (non-hydrogen) atoms. The zero-order valence-corrected chi connectivity index (χ0v) is 30.7. The summed E-state index contributed by atoms with van der Waals surface area (Å²) in [5, 5.41) is 2.95. The van der Waals surface area contributed by atoms with Crippen molar-refractivity contribution in [3.05, 3.63) is 132 Å². The molecular formula is C35H35Cl2CoN5O9+. The number of hydrogen-bond donors (Lipinski definition) is 1. The fraction of sp³-hybridized carbons (Fsp3) is 0.200. The molecule has 1 N–H and O–H groups in total. The van der Waals surface area contributed by atoms with Gasteiger partial charge in [0.2, 0.25) is 5.91 Å². The van der Waals surface area contributed by atoms with E-state index in [-0.39, 0.29) is 22.7 Å². The van der Waals surface area contributed by atoms with Crippen LogP contribution in [0.1, 0.15) is 37.9 Å².